The van der Waals surface area contributed by atoms with E-state index in [1.54, 1.807) is 0 Å². The van der Waals surface area contributed by atoms with Gasteiger partial charge in [0.15, 0.2) is 15.7 Å². The van der Waals surface area contributed by atoms with Crippen LogP contribution in [-0.4, -0.2) is 37.8 Å². The van der Waals surface area contributed by atoms with Crippen molar-refractivity contribution < 1.29 is 13.2 Å². The molecule has 1 aliphatic carbocycles. The number of ether oxygens (including phenoxy) is 1. The molecule has 2 rings (SSSR count). The number of nitrogens with one attached hydrogen (secondary N) is 1. The number of anilines is 2. The Hall–Kier alpha value is -0.860. The van der Waals surface area contributed by atoms with Crippen molar-refractivity contribution >= 4 is 32.2 Å². The summed E-state index contributed by atoms with van der Waals surface area (Å²) in [7, 11) is -3.31. The van der Waals surface area contributed by atoms with Gasteiger partial charge in [-0.2, -0.15) is 4.37 Å². The van der Waals surface area contributed by atoms with Crippen LogP contribution in [-0.2, 0) is 14.6 Å². The molecule has 0 amide bonds. The molecule has 1 aromatic rings. The molecule has 1 fully saturated rings. The zero-order valence-corrected chi connectivity index (χ0v) is 13.9. The first kappa shape index (κ1) is 16.5. The number of aromatic nitrogens is 1. The van der Waals surface area contributed by atoms with Crippen molar-refractivity contribution in [3.8, 4) is 0 Å². The van der Waals surface area contributed by atoms with Gasteiger partial charge in [0.1, 0.15) is 9.90 Å². The summed E-state index contributed by atoms with van der Waals surface area (Å²) in [6.45, 7) is 4.24. The third-order valence-corrected chi connectivity index (χ3v) is 6.59. The molecule has 0 atom stereocenters. The largest absolute Gasteiger partial charge is 0.382 e. The smallest absolute Gasteiger partial charge is 0.187 e. The maximum absolute atomic E-state index is 12.3. The van der Waals surface area contributed by atoms with Gasteiger partial charge in [-0.3, -0.25) is 0 Å². The predicted molar refractivity (Wildman–Crippen MR) is 85.6 cm³/mol. The van der Waals surface area contributed by atoms with E-state index in [4.69, 9.17) is 10.5 Å². The maximum atomic E-state index is 12.3. The minimum absolute atomic E-state index is 0.119. The molecule has 3 N–H and O–H groups in total. The molecular weight excluding hydrogens is 310 g/mol. The predicted octanol–water partition coefficient (Wildman–Crippen LogP) is 2.28. The lowest BCUT2D eigenvalue weighted by Gasteiger charge is -2.08. The number of nitrogens with zero attached hydrogens (tertiary/aromatic N) is 1. The maximum Gasteiger partial charge on any atom is 0.187 e. The van der Waals surface area contributed by atoms with Crippen molar-refractivity contribution in [3.05, 3.63) is 0 Å². The van der Waals surface area contributed by atoms with Crippen LogP contribution in [0.4, 0.5) is 10.8 Å². The fourth-order valence-corrected chi connectivity index (χ4v) is 4.86. The van der Waals surface area contributed by atoms with Crippen LogP contribution in [0.25, 0.3) is 0 Å². The fraction of sp³-hybridized carbons (Fsp3) is 0.769. The molecule has 0 aliphatic heterocycles. The van der Waals surface area contributed by atoms with Crippen molar-refractivity contribution in [2.45, 2.75) is 49.2 Å². The van der Waals surface area contributed by atoms with Crippen LogP contribution in [0.1, 0.15) is 39.0 Å². The molecule has 1 aromatic heterocycles. The van der Waals surface area contributed by atoms with Gasteiger partial charge >= 0.3 is 0 Å². The molecule has 1 saturated carbocycles. The van der Waals surface area contributed by atoms with Crippen molar-refractivity contribution in [1.29, 1.82) is 0 Å². The minimum atomic E-state index is -3.31. The first-order valence-corrected chi connectivity index (χ1v) is 9.70. The van der Waals surface area contributed by atoms with Gasteiger partial charge in [0, 0.05) is 19.8 Å². The van der Waals surface area contributed by atoms with E-state index < -0.39 is 9.84 Å². The van der Waals surface area contributed by atoms with Gasteiger partial charge in [0.2, 0.25) is 0 Å². The molecule has 0 unspecified atom stereocenters. The van der Waals surface area contributed by atoms with E-state index in [2.05, 4.69) is 16.6 Å². The van der Waals surface area contributed by atoms with Gasteiger partial charge in [-0.1, -0.05) is 13.3 Å². The molecule has 0 bridgehead atoms. The van der Waals surface area contributed by atoms with Crippen LogP contribution in [0.15, 0.2) is 4.90 Å². The number of rotatable bonds is 10. The monoisotopic (exact) mass is 333 g/mol. The van der Waals surface area contributed by atoms with Crippen molar-refractivity contribution in [1.82, 2.24) is 4.37 Å². The minimum Gasteiger partial charge on any atom is -0.382 e. The SMILES string of the molecule is CCCCOCCCNc1snc(N)c1S(=O)(=O)C1CC1. The van der Waals surface area contributed by atoms with Gasteiger partial charge in [-0.25, -0.2) is 8.42 Å². The summed E-state index contributed by atoms with van der Waals surface area (Å²) in [5, 5.41) is 3.42. The molecule has 1 aliphatic rings. The van der Waals surface area contributed by atoms with Crippen LogP contribution in [0, 0.1) is 0 Å². The van der Waals surface area contributed by atoms with E-state index in [9.17, 15) is 8.42 Å². The Morgan fingerprint density at radius 1 is 1.38 bits per heavy atom. The summed E-state index contributed by atoms with van der Waals surface area (Å²) in [5.41, 5.74) is 5.73. The lowest BCUT2D eigenvalue weighted by atomic mass is 10.4. The first-order valence-electron chi connectivity index (χ1n) is 7.38. The van der Waals surface area contributed by atoms with Crippen molar-refractivity contribution in [2.75, 3.05) is 30.8 Å². The molecular formula is C13H23N3O3S2. The van der Waals surface area contributed by atoms with E-state index in [1.165, 1.54) is 0 Å². The van der Waals surface area contributed by atoms with E-state index >= 15 is 0 Å². The summed E-state index contributed by atoms with van der Waals surface area (Å²) >= 11 is 1.11. The average Bonchev–Trinajstić information content (AvgIpc) is 3.23. The Labute approximate surface area is 130 Å². The lowest BCUT2D eigenvalue weighted by Crippen LogP contribution is -2.12. The van der Waals surface area contributed by atoms with E-state index in [1.807, 2.05) is 0 Å². The summed E-state index contributed by atoms with van der Waals surface area (Å²) in [4.78, 5) is 0.196. The van der Waals surface area contributed by atoms with E-state index in [0.29, 0.717) is 18.2 Å². The fourth-order valence-electron chi connectivity index (χ4n) is 1.95. The second-order valence-corrected chi connectivity index (χ2v) is 8.16. The number of hydrogen-bond donors (Lipinski definition) is 2. The van der Waals surface area contributed by atoms with Gasteiger partial charge in [-0.05, 0) is 37.2 Å². The molecule has 120 valence electrons. The first-order chi connectivity index (χ1) is 10.1. The van der Waals surface area contributed by atoms with Gasteiger partial charge < -0.3 is 15.8 Å². The Morgan fingerprint density at radius 3 is 2.76 bits per heavy atom. The van der Waals surface area contributed by atoms with E-state index in [-0.39, 0.29) is 16.0 Å². The summed E-state index contributed by atoms with van der Waals surface area (Å²) in [6.07, 6.45) is 4.47. The Kier molecular flexibility index (Phi) is 5.83. The van der Waals surface area contributed by atoms with Gasteiger partial charge in [0.25, 0.3) is 0 Å². The highest BCUT2D eigenvalue weighted by Crippen LogP contribution is 2.40. The van der Waals surface area contributed by atoms with Crippen LogP contribution < -0.4 is 11.1 Å². The van der Waals surface area contributed by atoms with E-state index in [0.717, 1.165) is 50.2 Å². The molecule has 1 heterocycles. The number of unbranched alkanes of at least 4 members (excludes halogenated alkanes) is 1. The zero-order chi connectivity index (χ0) is 15.3. The molecule has 0 saturated heterocycles. The topological polar surface area (TPSA) is 94.3 Å². The van der Waals surface area contributed by atoms with Crippen molar-refractivity contribution in [2.24, 2.45) is 0 Å². The number of nitrogen functional groups attached to an aromatic ring is 1. The Morgan fingerprint density at radius 2 is 2.10 bits per heavy atom. The standard InChI is InChI=1S/C13H23N3O3S2/c1-2-3-8-19-9-4-7-15-13-11(12(14)16-20-13)21(17,18)10-5-6-10/h10,15H,2-9H2,1H3,(H2,14,16). The lowest BCUT2D eigenvalue weighted by molar-refractivity contribution is 0.131. The van der Waals surface area contributed by atoms with Crippen LogP contribution in [0.3, 0.4) is 0 Å². The normalized spacial score (nSPS) is 15.3. The molecule has 21 heavy (non-hydrogen) atoms. The number of hydrogen-bond acceptors (Lipinski definition) is 7. The Bertz CT molecular complexity index is 553. The third-order valence-electron chi connectivity index (χ3n) is 3.32. The summed E-state index contributed by atoms with van der Waals surface area (Å²) in [6, 6.07) is 0. The second-order valence-electron chi connectivity index (χ2n) is 5.22. The molecule has 8 heteroatoms. The quantitative estimate of drug-likeness (QED) is 0.638. The van der Waals surface area contributed by atoms with Crippen LogP contribution in [0.2, 0.25) is 0 Å². The van der Waals surface area contributed by atoms with Gasteiger partial charge in [-0.15, -0.1) is 0 Å². The summed E-state index contributed by atoms with van der Waals surface area (Å²) < 4.78 is 34.1. The highest BCUT2D eigenvalue weighted by Gasteiger charge is 2.40. The van der Waals surface area contributed by atoms with Gasteiger partial charge in [0.05, 0.1) is 5.25 Å². The van der Waals surface area contributed by atoms with Crippen LogP contribution in [0.5, 0.6) is 0 Å². The summed E-state index contributed by atoms with van der Waals surface area (Å²) in [5.74, 6) is 0.119. The molecule has 0 radical (unpaired) electrons. The molecule has 6 nitrogen and oxygen atoms in total. The highest BCUT2D eigenvalue weighted by atomic mass is 32.2. The average molecular weight is 333 g/mol. The zero-order valence-electron chi connectivity index (χ0n) is 12.3. The molecule has 0 spiro atoms. The van der Waals surface area contributed by atoms with Crippen LogP contribution >= 0.6 is 11.5 Å². The third kappa shape index (κ3) is 4.31. The Balaban J connectivity index is 1.84. The second kappa shape index (κ2) is 7.42. The van der Waals surface area contributed by atoms with Crippen molar-refractivity contribution in [3.63, 3.8) is 0 Å². The number of nitrogens with two attached hydrogens (primary N) is 1. The highest BCUT2D eigenvalue weighted by molar-refractivity contribution is 7.92. The number of sulfone groups is 1. The molecule has 0 aromatic carbocycles.